The highest BCUT2D eigenvalue weighted by Gasteiger charge is 2.27. The van der Waals surface area contributed by atoms with E-state index in [0.29, 0.717) is 33.6 Å². The third-order valence-electron chi connectivity index (χ3n) is 6.13. The molecule has 1 aromatic heterocycles. The molecule has 0 saturated heterocycles. The molecule has 2 aromatic rings. The quantitative estimate of drug-likeness (QED) is 0.427. The molecule has 3 N–H and O–H groups in total. The van der Waals surface area contributed by atoms with Crippen LogP contribution in [0.3, 0.4) is 0 Å². The monoisotopic (exact) mass is 499 g/mol. The van der Waals surface area contributed by atoms with Crippen LogP contribution < -0.4 is 25.4 Å². The van der Waals surface area contributed by atoms with Crippen molar-refractivity contribution < 1.29 is 19.1 Å². The number of carbonyl (C=O) groups is 2. The van der Waals surface area contributed by atoms with Gasteiger partial charge in [0, 0.05) is 29.3 Å². The molecule has 2 unspecified atom stereocenters. The lowest BCUT2D eigenvalue weighted by Gasteiger charge is -2.32. The Labute approximate surface area is 209 Å². The third-order valence-corrected chi connectivity index (χ3v) is 6.55. The SMILES string of the molecule is C=CC(=O)NC1CCCCC1Nc1ncc(OCc2cc(C(=O)NC3CC3)cc(OC)c2Cl)cn1. The van der Waals surface area contributed by atoms with Crippen LogP contribution in [0.15, 0.2) is 37.2 Å². The maximum absolute atomic E-state index is 12.5. The van der Waals surface area contributed by atoms with Gasteiger partial charge in [0.15, 0.2) is 5.75 Å². The zero-order valence-corrected chi connectivity index (χ0v) is 20.4. The van der Waals surface area contributed by atoms with Crippen LogP contribution in [0.1, 0.15) is 54.4 Å². The first-order valence-electron chi connectivity index (χ1n) is 11.8. The Morgan fingerprint density at radius 2 is 1.83 bits per heavy atom. The molecule has 0 aliphatic heterocycles. The predicted octanol–water partition coefficient (Wildman–Crippen LogP) is 3.64. The van der Waals surface area contributed by atoms with Crippen molar-refractivity contribution in [2.75, 3.05) is 12.4 Å². The second-order valence-electron chi connectivity index (χ2n) is 8.78. The van der Waals surface area contributed by atoms with E-state index >= 15 is 0 Å². The molecule has 0 spiro atoms. The lowest BCUT2D eigenvalue weighted by Crippen LogP contribution is -2.48. The molecule has 0 bridgehead atoms. The average Bonchev–Trinajstić information content (AvgIpc) is 3.69. The van der Waals surface area contributed by atoms with Crippen molar-refractivity contribution in [2.45, 2.75) is 63.3 Å². The highest BCUT2D eigenvalue weighted by molar-refractivity contribution is 6.33. The molecule has 35 heavy (non-hydrogen) atoms. The number of halogens is 1. The molecule has 2 aliphatic carbocycles. The first kappa shape index (κ1) is 24.8. The van der Waals surface area contributed by atoms with Crippen molar-refractivity contribution >= 4 is 29.4 Å². The Kier molecular flexibility index (Phi) is 8.07. The fourth-order valence-corrected chi connectivity index (χ4v) is 4.29. The lowest BCUT2D eigenvalue weighted by molar-refractivity contribution is -0.117. The number of methoxy groups -OCH3 is 1. The minimum absolute atomic E-state index is 0.00436. The number of rotatable bonds is 10. The number of nitrogens with zero attached hydrogens (tertiary/aromatic N) is 2. The van der Waals surface area contributed by atoms with Crippen molar-refractivity contribution in [1.82, 2.24) is 20.6 Å². The van der Waals surface area contributed by atoms with E-state index in [9.17, 15) is 9.59 Å². The van der Waals surface area contributed by atoms with Crippen molar-refractivity contribution in [3.8, 4) is 11.5 Å². The molecule has 186 valence electrons. The van der Waals surface area contributed by atoms with E-state index in [1.807, 2.05) is 0 Å². The van der Waals surface area contributed by atoms with Crippen LogP contribution in [0, 0.1) is 0 Å². The number of ether oxygens (including phenoxy) is 2. The van der Waals surface area contributed by atoms with Gasteiger partial charge in [0.25, 0.3) is 5.91 Å². The Bertz CT molecular complexity index is 1070. The van der Waals surface area contributed by atoms with E-state index in [1.54, 1.807) is 24.5 Å². The summed E-state index contributed by atoms with van der Waals surface area (Å²) in [6, 6.07) is 3.62. The number of amides is 2. The van der Waals surface area contributed by atoms with Crippen LogP contribution in [-0.2, 0) is 11.4 Å². The van der Waals surface area contributed by atoms with Crippen LogP contribution in [-0.4, -0.2) is 47.0 Å². The van der Waals surface area contributed by atoms with E-state index in [-0.39, 0.29) is 36.5 Å². The summed E-state index contributed by atoms with van der Waals surface area (Å²) >= 11 is 6.45. The van der Waals surface area contributed by atoms with Crippen LogP contribution >= 0.6 is 11.6 Å². The zero-order valence-electron chi connectivity index (χ0n) is 19.7. The molecule has 4 rings (SSSR count). The summed E-state index contributed by atoms with van der Waals surface area (Å²) in [5.41, 5.74) is 1.09. The highest BCUT2D eigenvalue weighted by Crippen LogP contribution is 2.31. The molecule has 2 saturated carbocycles. The molecule has 1 heterocycles. The summed E-state index contributed by atoms with van der Waals surface area (Å²) in [6.07, 6.45) is 10.4. The number of anilines is 1. The Balaban J connectivity index is 1.38. The number of hydrogen-bond acceptors (Lipinski definition) is 7. The number of hydrogen-bond donors (Lipinski definition) is 3. The number of benzene rings is 1. The van der Waals surface area contributed by atoms with E-state index in [0.717, 1.165) is 38.5 Å². The molecule has 2 atom stereocenters. The number of nitrogens with one attached hydrogen (secondary N) is 3. The van der Waals surface area contributed by atoms with E-state index < -0.39 is 0 Å². The minimum atomic E-state index is -0.183. The zero-order chi connectivity index (χ0) is 24.8. The summed E-state index contributed by atoms with van der Waals surface area (Å²) in [6.45, 7) is 3.64. The molecule has 10 heteroatoms. The molecule has 9 nitrogen and oxygen atoms in total. The maximum atomic E-state index is 12.5. The van der Waals surface area contributed by atoms with Crippen LogP contribution in [0.2, 0.25) is 5.02 Å². The van der Waals surface area contributed by atoms with Gasteiger partial charge in [-0.1, -0.05) is 31.0 Å². The standard InChI is InChI=1S/C25H30ClN5O4/c1-3-22(32)30-19-6-4-5-7-20(19)31-25-27-12-18(13-28-25)35-14-16-10-15(11-21(34-2)23(16)26)24(33)29-17-8-9-17/h3,10-13,17,19-20H,1,4-9,14H2,2H3,(H,29,33)(H,30,32)(H,27,28,31). The second kappa shape index (κ2) is 11.4. The summed E-state index contributed by atoms with van der Waals surface area (Å²) in [4.78, 5) is 33.0. The Hall–Kier alpha value is -3.33. The molecule has 2 aliphatic rings. The highest BCUT2D eigenvalue weighted by atomic mass is 35.5. The van der Waals surface area contributed by atoms with Gasteiger partial charge >= 0.3 is 0 Å². The van der Waals surface area contributed by atoms with Crippen LogP contribution in [0.25, 0.3) is 0 Å². The molecule has 0 radical (unpaired) electrons. The number of aromatic nitrogens is 2. The fraction of sp³-hybridized carbons (Fsp3) is 0.440. The van der Waals surface area contributed by atoms with Crippen molar-refractivity contribution in [1.29, 1.82) is 0 Å². The topological polar surface area (TPSA) is 114 Å². The first-order chi connectivity index (χ1) is 17.0. The first-order valence-corrected chi connectivity index (χ1v) is 12.2. The van der Waals surface area contributed by atoms with Crippen LogP contribution in [0.4, 0.5) is 5.95 Å². The largest absolute Gasteiger partial charge is 0.495 e. The average molecular weight is 500 g/mol. The smallest absolute Gasteiger partial charge is 0.251 e. The van der Waals surface area contributed by atoms with Gasteiger partial charge in [0.2, 0.25) is 11.9 Å². The Morgan fingerprint density at radius 1 is 1.11 bits per heavy atom. The van der Waals surface area contributed by atoms with E-state index in [2.05, 4.69) is 32.5 Å². The molecular weight excluding hydrogens is 470 g/mol. The van der Waals surface area contributed by atoms with Gasteiger partial charge in [0.05, 0.1) is 24.5 Å². The van der Waals surface area contributed by atoms with Gasteiger partial charge in [-0.3, -0.25) is 9.59 Å². The van der Waals surface area contributed by atoms with Gasteiger partial charge < -0.3 is 25.4 Å². The fourth-order valence-electron chi connectivity index (χ4n) is 4.05. The van der Waals surface area contributed by atoms with Gasteiger partial charge in [-0.05, 0) is 43.9 Å². The molecular formula is C25H30ClN5O4. The van der Waals surface area contributed by atoms with Crippen LogP contribution in [0.5, 0.6) is 11.5 Å². The number of carbonyl (C=O) groups excluding carboxylic acids is 2. The Morgan fingerprint density at radius 3 is 2.49 bits per heavy atom. The predicted molar refractivity (Wildman–Crippen MR) is 133 cm³/mol. The van der Waals surface area contributed by atoms with Gasteiger partial charge in [0.1, 0.15) is 12.4 Å². The van der Waals surface area contributed by atoms with Gasteiger partial charge in [-0.2, -0.15) is 0 Å². The lowest BCUT2D eigenvalue weighted by atomic mass is 9.90. The summed E-state index contributed by atoms with van der Waals surface area (Å²) in [7, 11) is 1.51. The summed E-state index contributed by atoms with van der Waals surface area (Å²) < 4.78 is 11.2. The second-order valence-corrected chi connectivity index (χ2v) is 9.16. The summed E-state index contributed by atoms with van der Waals surface area (Å²) in [5, 5.41) is 9.65. The van der Waals surface area contributed by atoms with E-state index in [1.165, 1.54) is 13.2 Å². The van der Waals surface area contributed by atoms with Crippen molar-refractivity contribution in [3.05, 3.63) is 53.3 Å². The normalized spacial score (nSPS) is 19.4. The molecule has 1 aromatic carbocycles. The third kappa shape index (κ3) is 6.63. The van der Waals surface area contributed by atoms with E-state index in [4.69, 9.17) is 21.1 Å². The molecule has 2 fully saturated rings. The van der Waals surface area contributed by atoms with Gasteiger partial charge in [-0.25, -0.2) is 9.97 Å². The summed E-state index contributed by atoms with van der Waals surface area (Å²) in [5.74, 6) is 0.986. The van der Waals surface area contributed by atoms with Gasteiger partial charge in [-0.15, -0.1) is 0 Å². The maximum Gasteiger partial charge on any atom is 0.251 e. The molecule has 2 amide bonds. The van der Waals surface area contributed by atoms with Crippen molar-refractivity contribution in [2.24, 2.45) is 0 Å². The van der Waals surface area contributed by atoms with Crippen molar-refractivity contribution in [3.63, 3.8) is 0 Å². The minimum Gasteiger partial charge on any atom is -0.495 e.